The zero-order valence-electron chi connectivity index (χ0n) is 8.50. The Bertz CT molecular complexity index is 409. The minimum absolute atomic E-state index is 0.110. The fourth-order valence-electron chi connectivity index (χ4n) is 0.983. The molecule has 1 unspecified atom stereocenters. The van der Waals surface area contributed by atoms with Crippen LogP contribution < -0.4 is 5.32 Å². The average Bonchev–Trinajstić information content (AvgIpc) is 2.20. The second-order valence-corrected chi connectivity index (χ2v) is 4.73. The molecule has 0 aliphatic carbocycles. The lowest BCUT2D eigenvalue weighted by molar-refractivity contribution is -0.155. The summed E-state index contributed by atoms with van der Waals surface area (Å²) in [5.41, 5.74) is -1.18. The first-order valence-corrected chi connectivity index (χ1v) is 5.65. The number of carboxylic acids is 1. The number of carbonyl (C=O) groups is 1. The largest absolute Gasteiger partial charge is 0.479 e. The maximum Gasteiger partial charge on any atom is 0.337 e. The summed E-state index contributed by atoms with van der Waals surface area (Å²) in [6.45, 7) is 1.11. The summed E-state index contributed by atoms with van der Waals surface area (Å²) in [5, 5.41) is 21.5. The topological polar surface area (TPSA) is 69.6 Å². The fourth-order valence-corrected chi connectivity index (χ4v) is 1.56. The lowest BCUT2D eigenvalue weighted by atomic mass is 10.1. The number of hydrogen-bond donors (Lipinski definition) is 3. The molecule has 6 heteroatoms. The molecule has 1 atom stereocenters. The van der Waals surface area contributed by atoms with E-state index in [1.54, 1.807) is 18.2 Å². The van der Waals surface area contributed by atoms with E-state index in [-0.39, 0.29) is 6.54 Å². The fraction of sp³-hybridized carbons (Fsp3) is 0.300. The third kappa shape index (κ3) is 3.10. The van der Waals surface area contributed by atoms with Crippen molar-refractivity contribution in [1.29, 1.82) is 0 Å². The van der Waals surface area contributed by atoms with E-state index >= 15 is 0 Å². The van der Waals surface area contributed by atoms with Crippen molar-refractivity contribution < 1.29 is 15.0 Å². The molecule has 0 aliphatic heterocycles. The molecule has 0 spiro atoms. The van der Waals surface area contributed by atoms with Crippen LogP contribution in [0.1, 0.15) is 6.92 Å². The van der Waals surface area contributed by atoms with Crippen LogP contribution in [0.4, 0.5) is 5.69 Å². The number of anilines is 1. The summed E-state index contributed by atoms with van der Waals surface area (Å²) in [6.07, 6.45) is 0. The molecular formula is C10H11BrClNO3. The maximum absolute atomic E-state index is 10.7. The number of nitrogens with one attached hydrogen (secondary N) is 1. The summed E-state index contributed by atoms with van der Waals surface area (Å²) in [4.78, 5) is 10.7. The van der Waals surface area contributed by atoms with Crippen LogP contribution in [0.5, 0.6) is 0 Å². The van der Waals surface area contributed by atoms with E-state index in [0.717, 1.165) is 0 Å². The van der Waals surface area contributed by atoms with Crippen molar-refractivity contribution in [2.75, 3.05) is 11.9 Å². The van der Waals surface area contributed by atoms with Crippen LogP contribution in [0.15, 0.2) is 22.7 Å². The second-order valence-electron chi connectivity index (χ2n) is 3.53. The maximum atomic E-state index is 10.7. The molecule has 1 rings (SSSR count). The van der Waals surface area contributed by atoms with Crippen LogP contribution in [0.25, 0.3) is 0 Å². The van der Waals surface area contributed by atoms with Gasteiger partial charge in [0.2, 0.25) is 0 Å². The highest BCUT2D eigenvalue weighted by Gasteiger charge is 2.29. The monoisotopic (exact) mass is 307 g/mol. The molecule has 0 fully saturated rings. The molecule has 4 nitrogen and oxygen atoms in total. The molecule has 0 radical (unpaired) electrons. The van der Waals surface area contributed by atoms with E-state index in [0.29, 0.717) is 15.2 Å². The van der Waals surface area contributed by atoms with Crippen molar-refractivity contribution in [2.24, 2.45) is 0 Å². The molecule has 0 saturated heterocycles. The third-order valence-electron chi connectivity index (χ3n) is 2.04. The molecule has 3 N–H and O–H groups in total. The summed E-state index contributed by atoms with van der Waals surface area (Å²) in [7, 11) is 0. The zero-order valence-corrected chi connectivity index (χ0v) is 10.8. The van der Waals surface area contributed by atoms with Crippen molar-refractivity contribution in [2.45, 2.75) is 12.5 Å². The normalized spacial score (nSPS) is 14.2. The highest BCUT2D eigenvalue weighted by atomic mass is 79.9. The summed E-state index contributed by atoms with van der Waals surface area (Å²) < 4.78 is 0.637. The van der Waals surface area contributed by atoms with Crippen LogP contribution in [0.2, 0.25) is 5.02 Å². The van der Waals surface area contributed by atoms with Gasteiger partial charge in [-0.2, -0.15) is 0 Å². The zero-order chi connectivity index (χ0) is 12.3. The number of aliphatic hydroxyl groups is 1. The SMILES string of the molecule is CC(O)(CNc1cccc(Cl)c1Br)C(=O)O. The Balaban J connectivity index is 2.76. The van der Waals surface area contributed by atoms with Crippen LogP contribution >= 0.6 is 27.5 Å². The Morgan fingerprint density at radius 1 is 1.62 bits per heavy atom. The van der Waals surface area contributed by atoms with Gasteiger partial charge >= 0.3 is 5.97 Å². The van der Waals surface area contributed by atoms with Gasteiger partial charge in [0.25, 0.3) is 0 Å². The van der Waals surface area contributed by atoms with Crippen molar-refractivity contribution in [3.8, 4) is 0 Å². The van der Waals surface area contributed by atoms with Crippen LogP contribution in [0, 0.1) is 0 Å². The number of benzene rings is 1. The second kappa shape index (κ2) is 5.03. The molecule has 0 bridgehead atoms. The Kier molecular flexibility index (Phi) is 4.18. The predicted octanol–water partition coefficient (Wildman–Crippen LogP) is 2.35. The lowest BCUT2D eigenvalue weighted by Crippen LogP contribution is -2.41. The van der Waals surface area contributed by atoms with Gasteiger partial charge < -0.3 is 15.5 Å². The van der Waals surface area contributed by atoms with Gasteiger partial charge in [0.15, 0.2) is 5.60 Å². The number of aliphatic carboxylic acids is 1. The summed E-state index contributed by atoms with van der Waals surface area (Å²) in [6, 6.07) is 5.16. The van der Waals surface area contributed by atoms with E-state index in [1.165, 1.54) is 6.92 Å². The van der Waals surface area contributed by atoms with Crippen molar-refractivity contribution in [3.05, 3.63) is 27.7 Å². The first-order valence-electron chi connectivity index (χ1n) is 4.48. The minimum atomic E-state index is -1.82. The van der Waals surface area contributed by atoms with Gasteiger partial charge in [0.05, 0.1) is 21.7 Å². The molecule has 16 heavy (non-hydrogen) atoms. The highest BCUT2D eigenvalue weighted by Crippen LogP contribution is 2.30. The van der Waals surface area contributed by atoms with Crippen LogP contribution in [-0.4, -0.2) is 28.3 Å². The summed E-state index contributed by atoms with van der Waals surface area (Å²) >= 11 is 9.12. The first-order chi connectivity index (χ1) is 7.34. The van der Waals surface area contributed by atoms with E-state index in [2.05, 4.69) is 21.2 Å². The van der Waals surface area contributed by atoms with Gasteiger partial charge in [-0.05, 0) is 35.0 Å². The standard InChI is InChI=1S/C10H11BrClNO3/c1-10(16,9(14)15)5-13-7-4-2-3-6(12)8(7)11/h2-4,13,16H,5H2,1H3,(H,14,15). The van der Waals surface area contributed by atoms with Gasteiger partial charge in [-0.15, -0.1) is 0 Å². The van der Waals surface area contributed by atoms with Crippen LogP contribution in [-0.2, 0) is 4.79 Å². The van der Waals surface area contributed by atoms with E-state index in [4.69, 9.17) is 16.7 Å². The van der Waals surface area contributed by atoms with E-state index < -0.39 is 11.6 Å². The lowest BCUT2D eigenvalue weighted by Gasteiger charge is -2.19. The molecule has 88 valence electrons. The Labute approximate surface area is 106 Å². The van der Waals surface area contributed by atoms with E-state index in [1.807, 2.05) is 0 Å². The van der Waals surface area contributed by atoms with Gasteiger partial charge in [-0.3, -0.25) is 0 Å². The van der Waals surface area contributed by atoms with Gasteiger partial charge in [0.1, 0.15) is 0 Å². The number of halogens is 2. The van der Waals surface area contributed by atoms with Crippen molar-refractivity contribution in [1.82, 2.24) is 0 Å². The third-order valence-corrected chi connectivity index (χ3v) is 3.43. The number of carboxylic acid groups (broad SMARTS) is 1. The van der Waals surface area contributed by atoms with E-state index in [9.17, 15) is 9.90 Å². The molecular weight excluding hydrogens is 297 g/mol. The van der Waals surface area contributed by atoms with Gasteiger partial charge in [0, 0.05) is 0 Å². The Morgan fingerprint density at radius 2 is 2.25 bits per heavy atom. The molecule has 0 heterocycles. The highest BCUT2D eigenvalue weighted by molar-refractivity contribution is 9.10. The van der Waals surface area contributed by atoms with Crippen molar-refractivity contribution >= 4 is 39.2 Å². The Hall–Kier alpha value is -0.780. The molecule has 0 amide bonds. The van der Waals surface area contributed by atoms with Gasteiger partial charge in [-0.1, -0.05) is 17.7 Å². The minimum Gasteiger partial charge on any atom is -0.479 e. The Morgan fingerprint density at radius 3 is 2.81 bits per heavy atom. The molecule has 1 aromatic carbocycles. The quantitative estimate of drug-likeness (QED) is 0.798. The number of rotatable bonds is 4. The van der Waals surface area contributed by atoms with Gasteiger partial charge in [-0.25, -0.2) is 4.79 Å². The molecule has 1 aromatic rings. The first kappa shape index (κ1) is 13.3. The molecule has 0 saturated carbocycles. The number of hydrogen-bond acceptors (Lipinski definition) is 3. The van der Waals surface area contributed by atoms with Crippen LogP contribution in [0.3, 0.4) is 0 Å². The molecule has 0 aliphatic rings. The average molecular weight is 309 g/mol. The van der Waals surface area contributed by atoms with Crippen molar-refractivity contribution in [3.63, 3.8) is 0 Å². The smallest absolute Gasteiger partial charge is 0.337 e. The summed E-state index contributed by atoms with van der Waals surface area (Å²) in [5.74, 6) is -1.28. The molecule has 0 aromatic heterocycles. The predicted molar refractivity (Wildman–Crippen MR) is 65.9 cm³/mol.